The summed E-state index contributed by atoms with van der Waals surface area (Å²) in [6, 6.07) is 19.1. The topological polar surface area (TPSA) is 83.1 Å². The molecule has 4 aromatic rings. The fraction of sp³-hybridized carbons (Fsp3) is 0.167. The van der Waals surface area contributed by atoms with Crippen molar-refractivity contribution in [3.8, 4) is 11.4 Å². The van der Waals surface area contributed by atoms with Gasteiger partial charge in [0.25, 0.3) is 0 Å². The average molecular weight is 483 g/mol. The second kappa shape index (κ2) is 10.4. The molecule has 0 amide bonds. The summed E-state index contributed by atoms with van der Waals surface area (Å²) in [6.07, 6.45) is 0. The first-order valence-electron chi connectivity index (χ1n) is 10.3. The molecular formula is C24H20F2N4O3S. The summed E-state index contributed by atoms with van der Waals surface area (Å²) >= 11 is 1.20. The second-order valence-corrected chi connectivity index (χ2v) is 8.58. The minimum absolute atomic E-state index is 0.0686. The third-order valence-electron chi connectivity index (χ3n) is 5.05. The first kappa shape index (κ1) is 23.4. The van der Waals surface area contributed by atoms with Crippen LogP contribution in [0.25, 0.3) is 5.69 Å². The summed E-state index contributed by atoms with van der Waals surface area (Å²) in [5.41, 5.74) is 1.79. The summed E-state index contributed by atoms with van der Waals surface area (Å²) in [6.45, 7) is 1.49. The minimum Gasteiger partial charge on any atom is -0.489 e. The zero-order valence-corrected chi connectivity index (χ0v) is 18.9. The maximum absolute atomic E-state index is 13.8. The zero-order valence-electron chi connectivity index (χ0n) is 18.1. The summed E-state index contributed by atoms with van der Waals surface area (Å²) in [7, 11) is 0. The lowest BCUT2D eigenvalue weighted by Gasteiger charge is -2.15. The lowest BCUT2D eigenvalue weighted by atomic mass is 10.1. The van der Waals surface area contributed by atoms with E-state index in [1.54, 1.807) is 66.1 Å². The molecule has 174 valence electrons. The van der Waals surface area contributed by atoms with Crippen LogP contribution in [0.15, 0.2) is 78.0 Å². The number of nitro groups is 1. The van der Waals surface area contributed by atoms with Gasteiger partial charge in [0, 0.05) is 16.2 Å². The molecule has 0 aliphatic heterocycles. The molecule has 0 N–H and O–H groups in total. The molecule has 0 aliphatic rings. The Bertz CT molecular complexity index is 1280. The number of benzene rings is 3. The van der Waals surface area contributed by atoms with Gasteiger partial charge in [-0.1, -0.05) is 42.1 Å². The number of hydrogen-bond acceptors (Lipinski definition) is 6. The molecule has 1 atom stereocenters. The predicted octanol–water partition coefficient (Wildman–Crippen LogP) is 5.54. The van der Waals surface area contributed by atoms with E-state index in [9.17, 15) is 18.9 Å². The molecule has 10 heteroatoms. The molecule has 34 heavy (non-hydrogen) atoms. The first-order valence-corrected chi connectivity index (χ1v) is 11.2. The van der Waals surface area contributed by atoms with Gasteiger partial charge in [0.05, 0.1) is 0 Å². The SMILES string of the molecule is Cc1nnc(S[C@H](C[N+](=O)[O-])c2ccc(OCc3ccccc3F)cc2)n1-c1ccc(F)cc1. The van der Waals surface area contributed by atoms with Gasteiger partial charge in [-0.15, -0.1) is 10.2 Å². The van der Waals surface area contributed by atoms with E-state index in [-0.39, 0.29) is 29.7 Å². The normalized spacial score (nSPS) is 11.9. The van der Waals surface area contributed by atoms with Crippen LogP contribution < -0.4 is 4.74 Å². The van der Waals surface area contributed by atoms with E-state index in [4.69, 9.17) is 4.74 Å². The van der Waals surface area contributed by atoms with Crippen molar-refractivity contribution in [3.63, 3.8) is 0 Å². The van der Waals surface area contributed by atoms with Crippen molar-refractivity contribution in [1.29, 1.82) is 0 Å². The molecule has 0 bridgehead atoms. The number of ether oxygens (including phenoxy) is 1. The molecule has 1 aromatic heterocycles. The summed E-state index contributed by atoms with van der Waals surface area (Å²) in [5, 5.41) is 19.5. The summed E-state index contributed by atoms with van der Waals surface area (Å²) in [5.74, 6) is 0.377. The molecule has 0 fully saturated rings. The third kappa shape index (κ3) is 5.57. The molecule has 3 aromatic carbocycles. The van der Waals surface area contributed by atoms with E-state index in [0.717, 1.165) is 0 Å². The summed E-state index contributed by atoms with van der Waals surface area (Å²) < 4.78 is 34.5. The van der Waals surface area contributed by atoms with Crippen LogP contribution in [0.1, 0.15) is 22.2 Å². The standard InChI is InChI=1S/C24H20F2N4O3S/c1-16-27-28-24(30(16)20-10-8-19(25)9-11-20)34-23(14-29(31)32)17-6-12-21(13-7-17)33-15-18-4-2-3-5-22(18)26/h2-13,23H,14-15H2,1H3/t23-/m1/s1. The summed E-state index contributed by atoms with van der Waals surface area (Å²) in [4.78, 5) is 11.0. The Morgan fingerprint density at radius 2 is 1.74 bits per heavy atom. The highest BCUT2D eigenvalue weighted by Gasteiger charge is 2.24. The maximum Gasteiger partial charge on any atom is 0.220 e. The van der Waals surface area contributed by atoms with Gasteiger partial charge in [-0.25, -0.2) is 8.78 Å². The fourth-order valence-electron chi connectivity index (χ4n) is 3.34. The van der Waals surface area contributed by atoms with Crippen molar-refractivity contribution in [2.75, 3.05) is 6.54 Å². The molecular weight excluding hydrogens is 462 g/mol. The average Bonchev–Trinajstić information content (AvgIpc) is 3.18. The maximum atomic E-state index is 13.8. The van der Waals surface area contributed by atoms with Crippen molar-refractivity contribution in [3.05, 3.63) is 111 Å². The van der Waals surface area contributed by atoms with Crippen LogP contribution in [0, 0.1) is 28.7 Å². The number of halogens is 2. The van der Waals surface area contributed by atoms with Gasteiger partial charge in [-0.05, 0) is 55.0 Å². The first-order chi connectivity index (χ1) is 16.4. The number of aromatic nitrogens is 3. The van der Waals surface area contributed by atoms with Gasteiger partial charge in [0.2, 0.25) is 6.54 Å². The molecule has 0 aliphatic carbocycles. The Morgan fingerprint density at radius 1 is 1.03 bits per heavy atom. The molecule has 0 saturated heterocycles. The van der Waals surface area contributed by atoms with E-state index in [1.165, 1.54) is 30.0 Å². The molecule has 0 saturated carbocycles. The number of nitrogens with zero attached hydrogens (tertiary/aromatic N) is 4. The molecule has 4 rings (SSSR count). The Hall–Kier alpha value is -3.79. The van der Waals surface area contributed by atoms with Crippen LogP contribution >= 0.6 is 11.8 Å². The van der Waals surface area contributed by atoms with E-state index in [0.29, 0.717) is 33.5 Å². The Kier molecular flexibility index (Phi) is 7.17. The highest BCUT2D eigenvalue weighted by Crippen LogP contribution is 2.36. The van der Waals surface area contributed by atoms with Crippen molar-refractivity contribution in [2.45, 2.75) is 23.9 Å². The Balaban J connectivity index is 1.53. The highest BCUT2D eigenvalue weighted by molar-refractivity contribution is 7.99. The zero-order chi connectivity index (χ0) is 24.1. The lowest BCUT2D eigenvalue weighted by Crippen LogP contribution is -2.11. The van der Waals surface area contributed by atoms with E-state index in [1.807, 2.05) is 0 Å². The number of hydrogen-bond donors (Lipinski definition) is 0. The number of aryl methyl sites for hydroxylation is 1. The van der Waals surface area contributed by atoms with Gasteiger partial charge in [-0.2, -0.15) is 0 Å². The Morgan fingerprint density at radius 3 is 2.41 bits per heavy atom. The van der Waals surface area contributed by atoms with Crippen LogP contribution in [0.3, 0.4) is 0 Å². The van der Waals surface area contributed by atoms with Gasteiger partial charge >= 0.3 is 0 Å². The lowest BCUT2D eigenvalue weighted by molar-refractivity contribution is -0.479. The van der Waals surface area contributed by atoms with E-state index in [2.05, 4.69) is 10.2 Å². The number of thioether (sulfide) groups is 1. The highest BCUT2D eigenvalue weighted by atomic mass is 32.2. The van der Waals surface area contributed by atoms with Gasteiger partial charge in [0.1, 0.15) is 35.1 Å². The van der Waals surface area contributed by atoms with Crippen molar-refractivity contribution in [1.82, 2.24) is 14.8 Å². The van der Waals surface area contributed by atoms with Gasteiger partial charge in [0.15, 0.2) is 5.16 Å². The Labute approximate surface area is 198 Å². The molecule has 0 radical (unpaired) electrons. The second-order valence-electron chi connectivity index (χ2n) is 7.41. The third-order valence-corrected chi connectivity index (χ3v) is 6.23. The largest absolute Gasteiger partial charge is 0.489 e. The smallest absolute Gasteiger partial charge is 0.220 e. The van der Waals surface area contributed by atoms with Crippen molar-refractivity contribution >= 4 is 11.8 Å². The molecule has 0 unspecified atom stereocenters. The van der Waals surface area contributed by atoms with Crippen LogP contribution in [0.2, 0.25) is 0 Å². The van der Waals surface area contributed by atoms with Crippen LogP contribution in [-0.2, 0) is 6.61 Å². The van der Waals surface area contributed by atoms with E-state index < -0.39 is 5.25 Å². The van der Waals surface area contributed by atoms with Gasteiger partial charge in [-0.3, -0.25) is 14.7 Å². The van der Waals surface area contributed by atoms with E-state index >= 15 is 0 Å². The van der Waals surface area contributed by atoms with Crippen LogP contribution in [0.5, 0.6) is 5.75 Å². The predicted molar refractivity (Wildman–Crippen MR) is 124 cm³/mol. The van der Waals surface area contributed by atoms with Crippen LogP contribution in [-0.4, -0.2) is 26.2 Å². The van der Waals surface area contributed by atoms with Gasteiger partial charge < -0.3 is 4.74 Å². The molecule has 1 heterocycles. The molecule has 7 nitrogen and oxygen atoms in total. The monoisotopic (exact) mass is 482 g/mol. The van der Waals surface area contributed by atoms with Crippen molar-refractivity contribution < 1.29 is 18.4 Å². The number of rotatable bonds is 9. The van der Waals surface area contributed by atoms with Crippen LogP contribution in [0.4, 0.5) is 8.78 Å². The molecule has 0 spiro atoms. The van der Waals surface area contributed by atoms with Crippen molar-refractivity contribution in [2.24, 2.45) is 0 Å². The minimum atomic E-state index is -0.557. The quantitative estimate of drug-likeness (QED) is 0.177. The fourth-order valence-corrected chi connectivity index (χ4v) is 4.51.